The molecule has 12 N–H and O–H groups in total. The van der Waals surface area contributed by atoms with E-state index < -0.39 is 131 Å². The van der Waals surface area contributed by atoms with Crippen molar-refractivity contribution in [1.82, 2.24) is 5.32 Å². The van der Waals surface area contributed by atoms with Crippen LogP contribution < -0.4 is 5.32 Å². The van der Waals surface area contributed by atoms with E-state index in [0.717, 1.165) is 64.2 Å². The highest BCUT2D eigenvalue weighted by atomic mass is 16.8. The van der Waals surface area contributed by atoms with Crippen molar-refractivity contribution in [1.29, 1.82) is 0 Å². The number of carbonyl (C=O) groups is 1. The molecule has 17 atom stereocenters. The molecule has 0 aromatic carbocycles. The van der Waals surface area contributed by atoms with Gasteiger partial charge in [0, 0.05) is 6.42 Å². The molecule has 1 amide bonds. The Hall–Kier alpha value is -3.55. The Bertz CT molecular complexity index is 1990. The molecule has 3 aliphatic heterocycles. The summed E-state index contributed by atoms with van der Waals surface area (Å²) < 4.78 is 34.2. The van der Waals surface area contributed by atoms with Crippen LogP contribution in [0.25, 0.3) is 0 Å². The number of allylic oxidation sites excluding steroid dienone is 17. The number of hydrogen-bond acceptors (Lipinski definition) is 18. The maximum atomic E-state index is 13.3. The van der Waals surface area contributed by atoms with Crippen molar-refractivity contribution in [3.63, 3.8) is 0 Å². The molecule has 0 bridgehead atoms. The van der Waals surface area contributed by atoms with Crippen LogP contribution in [0.2, 0.25) is 0 Å². The molecule has 3 rings (SSSR count). The van der Waals surface area contributed by atoms with Gasteiger partial charge in [-0.25, -0.2) is 0 Å². The average molecular weight is 1220 g/mol. The summed E-state index contributed by atoms with van der Waals surface area (Å²) in [6.45, 7) is 1.53. The second kappa shape index (κ2) is 48.3. The molecule has 0 aromatic rings. The zero-order valence-corrected chi connectivity index (χ0v) is 51.5. The SMILES string of the molecule is CC/C=C\C/C=C\C/C=C\C/C=C\C/C=C\C/C=C\C/C=C\CCCC(=O)NC(COC1OC(CO)C(OC2OC(CO)C(OC3OC(CO)C(O)C(O)C3O)C(O)C2O)C(O)C1O)C(O)/C=C/CC/C=C/CCCCCCCCCCCCCC. The Morgan fingerprint density at radius 1 is 0.430 bits per heavy atom. The van der Waals surface area contributed by atoms with Crippen molar-refractivity contribution in [3.05, 3.63) is 109 Å². The first kappa shape index (κ1) is 76.7. The topological polar surface area (TPSA) is 307 Å². The lowest BCUT2D eigenvalue weighted by atomic mass is 9.96. The van der Waals surface area contributed by atoms with Gasteiger partial charge in [0.1, 0.15) is 73.2 Å². The lowest BCUT2D eigenvalue weighted by Gasteiger charge is -2.48. The summed E-state index contributed by atoms with van der Waals surface area (Å²) >= 11 is 0. The van der Waals surface area contributed by atoms with Crippen LogP contribution in [-0.2, 0) is 33.2 Å². The summed E-state index contributed by atoms with van der Waals surface area (Å²) in [5.41, 5.74) is 0. The zero-order valence-electron chi connectivity index (χ0n) is 51.5. The highest BCUT2D eigenvalue weighted by Crippen LogP contribution is 2.33. The van der Waals surface area contributed by atoms with E-state index in [0.29, 0.717) is 19.3 Å². The van der Waals surface area contributed by atoms with Gasteiger partial charge in [0.2, 0.25) is 5.91 Å². The van der Waals surface area contributed by atoms with E-state index in [9.17, 15) is 61.0 Å². The number of unbranched alkanes of at least 4 members (excludes halogenated alkanes) is 14. The number of nitrogens with one attached hydrogen (secondary N) is 1. The maximum absolute atomic E-state index is 13.3. The Kier molecular flexibility index (Phi) is 43.1. The summed E-state index contributed by atoms with van der Waals surface area (Å²) in [5, 5.41) is 120. The predicted molar refractivity (Wildman–Crippen MR) is 332 cm³/mol. The van der Waals surface area contributed by atoms with Gasteiger partial charge in [-0.15, -0.1) is 0 Å². The average Bonchev–Trinajstić information content (AvgIpc) is 1.83. The van der Waals surface area contributed by atoms with E-state index in [4.69, 9.17) is 28.4 Å². The normalized spacial score (nSPS) is 29.5. The highest BCUT2D eigenvalue weighted by Gasteiger charge is 2.53. The van der Waals surface area contributed by atoms with Crippen molar-refractivity contribution in [2.24, 2.45) is 0 Å². The first-order valence-electron chi connectivity index (χ1n) is 32.1. The molecule has 3 saturated heterocycles. The predicted octanol–water partition coefficient (Wildman–Crippen LogP) is 7.10. The fraction of sp³-hybridized carbons (Fsp3) is 0.716. The molecule has 3 aliphatic rings. The number of rotatable bonds is 46. The van der Waals surface area contributed by atoms with E-state index in [2.05, 4.69) is 104 Å². The van der Waals surface area contributed by atoms with Gasteiger partial charge in [-0.2, -0.15) is 0 Å². The first-order chi connectivity index (χ1) is 41.8. The molecule has 3 fully saturated rings. The van der Waals surface area contributed by atoms with E-state index in [1.165, 1.54) is 70.6 Å². The van der Waals surface area contributed by atoms with Gasteiger partial charge < -0.3 is 89.9 Å². The Labute approximate surface area is 513 Å². The van der Waals surface area contributed by atoms with Gasteiger partial charge in [0.25, 0.3) is 0 Å². The molecule has 0 spiro atoms. The lowest BCUT2D eigenvalue weighted by molar-refractivity contribution is -0.379. The van der Waals surface area contributed by atoms with E-state index in [1.54, 1.807) is 6.08 Å². The number of hydrogen-bond donors (Lipinski definition) is 12. The van der Waals surface area contributed by atoms with E-state index in [1.807, 2.05) is 18.2 Å². The molecule has 0 saturated carbocycles. The minimum Gasteiger partial charge on any atom is -0.394 e. The molecule has 19 nitrogen and oxygen atoms in total. The summed E-state index contributed by atoms with van der Waals surface area (Å²) in [6, 6.07) is -1.03. The maximum Gasteiger partial charge on any atom is 0.220 e. The second-order valence-corrected chi connectivity index (χ2v) is 22.5. The van der Waals surface area contributed by atoms with Gasteiger partial charge in [-0.1, -0.05) is 194 Å². The molecular formula is C67H111NO18. The van der Waals surface area contributed by atoms with Crippen LogP contribution in [0.15, 0.2) is 109 Å². The molecule has 0 aliphatic carbocycles. The molecule has 19 heteroatoms. The highest BCUT2D eigenvalue weighted by molar-refractivity contribution is 5.76. The third kappa shape index (κ3) is 30.8. The number of aliphatic hydroxyl groups excluding tert-OH is 11. The van der Waals surface area contributed by atoms with Gasteiger partial charge in [-0.3, -0.25) is 4.79 Å². The fourth-order valence-corrected chi connectivity index (χ4v) is 10.1. The van der Waals surface area contributed by atoms with Crippen LogP contribution in [0.5, 0.6) is 0 Å². The number of aliphatic hydroxyl groups is 11. The van der Waals surface area contributed by atoms with Gasteiger partial charge in [0.15, 0.2) is 18.9 Å². The van der Waals surface area contributed by atoms with Crippen LogP contribution in [0.4, 0.5) is 0 Å². The lowest BCUT2D eigenvalue weighted by Crippen LogP contribution is -2.66. The molecule has 3 heterocycles. The Morgan fingerprint density at radius 2 is 0.814 bits per heavy atom. The van der Waals surface area contributed by atoms with Crippen molar-refractivity contribution < 1.29 is 89.4 Å². The summed E-state index contributed by atoms with van der Waals surface area (Å²) in [6.07, 6.45) is 36.4. The molecule has 17 unspecified atom stereocenters. The van der Waals surface area contributed by atoms with Crippen LogP contribution in [0, 0.1) is 0 Å². The Balaban J connectivity index is 1.51. The summed E-state index contributed by atoms with van der Waals surface area (Å²) in [7, 11) is 0. The van der Waals surface area contributed by atoms with Crippen LogP contribution in [0.1, 0.15) is 174 Å². The summed E-state index contributed by atoms with van der Waals surface area (Å²) in [4.78, 5) is 13.3. The third-order valence-corrected chi connectivity index (χ3v) is 15.3. The largest absolute Gasteiger partial charge is 0.394 e. The number of ether oxygens (including phenoxy) is 6. The minimum absolute atomic E-state index is 0.148. The van der Waals surface area contributed by atoms with Gasteiger partial charge in [-0.05, 0) is 83.5 Å². The second-order valence-electron chi connectivity index (χ2n) is 22.5. The van der Waals surface area contributed by atoms with Gasteiger partial charge >= 0.3 is 0 Å². The molecule has 0 radical (unpaired) electrons. The Morgan fingerprint density at radius 3 is 1.30 bits per heavy atom. The number of amides is 1. The van der Waals surface area contributed by atoms with E-state index in [-0.39, 0.29) is 12.3 Å². The standard InChI is InChI=1S/C67H111NO18/c1-3-5-7-9-11-13-15-17-19-21-23-24-25-26-27-29-31-33-35-37-39-41-43-45-55(73)68-50(51(72)44-42-40-38-36-34-32-30-28-22-20-18-16-14-12-10-8-6-4-2)49-81-65-61(79)58(76)63(53(47-70)83-65)86-67-62(80)59(77)64(54(48-71)84-67)85-66-60(78)57(75)56(74)52(46-69)82-66/h5,7,11,13,17,19,23-24,26-27,31,33-34,36-37,39,42,44,50-54,56-67,69-72,74-80H,3-4,6,8-10,12,14-16,18,20-22,25,28-30,32,35,38,40-41,43,45-49H2,1-2H3,(H,68,73)/b7-5-,13-11-,19-17-,24-23-,27-26-,33-31-,36-34+,39-37-,44-42+. The van der Waals surface area contributed by atoms with Gasteiger partial charge in [0.05, 0.1) is 38.6 Å². The minimum atomic E-state index is -1.99. The van der Waals surface area contributed by atoms with E-state index >= 15 is 0 Å². The molecule has 492 valence electrons. The quantitative estimate of drug-likeness (QED) is 0.0214. The van der Waals surface area contributed by atoms with Crippen molar-refractivity contribution in [3.8, 4) is 0 Å². The van der Waals surface area contributed by atoms with Crippen LogP contribution in [0.3, 0.4) is 0 Å². The molecular weight excluding hydrogens is 1110 g/mol. The first-order valence-corrected chi connectivity index (χ1v) is 32.1. The zero-order chi connectivity index (χ0) is 62.6. The fourth-order valence-electron chi connectivity index (χ4n) is 10.1. The van der Waals surface area contributed by atoms with Crippen LogP contribution in [-0.4, -0.2) is 193 Å². The monoisotopic (exact) mass is 1220 g/mol. The third-order valence-electron chi connectivity index (χ3n) is 15.3. The smallest absolute Gasteiger partial charge is 0.220 e. The molecule has 86 heavy (non-hydrogen) atoms. The van der Waals surface area contributed by atoms with Crippen molar-refractivity contribution in [2.75, 3.05) is 26.4 Å². The molecule has 0 aromatic heterocycles. The van der Waals surface area contributed by atoms with Crippen molar-refractivity contribution >= 4 is 5.91 Å². The number of carbonyl (C=O) groups excluding carboxylic acids is 1. The van der Waals surface area contributed by atoms with Crippen LogP contribution >= 0.6 is 0 Å². The summed E-state index contributed by atoms with van der Waals surface area (Å²) in [5.74, 6) is -0.348. The van der Waals surface area contributed by atoms with Crippen molar-refractivity contribution in [2.45, 2.75) is 279 Å².